The average molecular weight is 332 g/mol. The SMILES string of the molecule is N#Cc1ccc(SCC(=O)NC(CCO)C2CCCCC2)cc1. The molecular formula is C18H24N2O2S. The summed E-state index contributed by atoms with van der Waals surface area (Å²) in [7, 11) is 0. The number of rotatable bonds is 7. The average Bonchev–Trinajstić information content (AvgIpc) is 2.61. The quantitative estimate of drug-likeness (QED) is 0.753. The number of carbonyl (C=O) groups excluding carboxylic acids is 1. The minimum absolute atomic E-state index is 0.0170. The van der Waals surface area contributed by atoms with Crippen molar-refractivity contribution in [3.63, 3.8) is 0 Å². The summed E-state index contributed by atoms with van der Waals surface area (Å²) in [5.74, 6) is 0.878. The first-order chi connectivity index (χ1) is 11.2. The summed E-state index contributed by atoms with van der Waals surface area (Å²) < 4.78 is 0. The number of aliphatic hydroxyl groups is 1. The first-order valence-electron chi connectivity index (χ1n) is 8.26. The summed E-state index contributed by atoms with van der Waals surface area (Å²) in [5.41, 5.74) is 0.624. The maximum absolute atomic E-state index is 12.2. The molecule has 1 fully saturated rings. The highest BCUT2D eigenvalue weighted by molar-refractivity contribution is 8.00. The summed E-state index contributed by atoms with van der Waals surface area (Å²) >= 11 is 1.47. The van der Waals surface area contributed by atoms with Crippen molar-refractivity contribution < 1.29 is 9.90 Å². The molecule has 1 unspecified atom stereocenters. The van der Waals surface area contributed by atoms with E-state index in [1.807, 2.05) is 12.1 Å². The number of nitrogens with one attached hydrogen (secondary N) is 1. The zero-order valence-corrected chi connectivity index (χ0v) is 14.1. The van der Waals surface area contributed by atoms with Gasteiger partial charge in [0, 0.05) is 17.5 Å². The molecule has 1 aromatic rings. The molecule has 124 valence electrons. The molecule has 23 heavy (non-hydrogen) atoms. The Hall–Kier alpha value is -1.51. The van der Waals surface area contributed by atoms with Gasteiger partial charge in [0.05, 0.1) is 17.4 Å². The number of amides is 1. The fourth-order valence-electron chi connectivity index (χ4n) is 3.12. The maximum atomic E-state index is 12.2. The van der Waals surface area contributed by atoms with Crippen LogP contribution in [0.3, 0.4) is 0 Å². The summed E-state index contributed by atoms with van der Waals surface area (Å²) in [4.78, 5) is 13.2. The van der Waals surface area contributed by atoms with E-state index in [1.165, 1.54) is 31.0 Å². The number of hydrogen-bond acceptors (Lipinski definition) is 4. The second-order valence-electron chi connectivity index (χ2n) is 6.01. The van der Waals surface area contributed by atoms with Crippen LogP contribution in [0.5, 0.6) is 0 Å². The monoisotopic (exact) mass is 332 g/mol. The van der Waals surface area contributed by atoms with Crippen molar-refractivity contribution in [1.82, 2.24) is 5.32 Å². The molecule has 1 atom stereocenters. The molecule has 0 saturated heterocycles. The van der Waals surface area contributed by atoms with Gasteiger partial charge in [-0.1, -0.05) is 19.3 Å². The highest BCUT2D eigenvalue weighted by Crippen LogP contribution is 2.28. The van der Waals surface area contributed by atoms with Crippen molar-refractivity contribution in [1.29, 1.82) is 5.26 Å². The minimum Gasteiger partial charge on any atom is -0.396 e. The van der Waals surface area contributed by atoms with Crippen LogP contribution in [-0.2, 0) is 4.79 Å². The Morgan fingerprint density at radius 2 is 2.00 bits per heavy atom. The Morgan fingerprint density at radius 1 is 1.30 bits per heavy atom. The molecule has 0 spiro atoms. The molecule has 1 aliphatic rings. The van der Waals surface area contributed by atoms with Crippen molar-refractivity contribution in [2.24, 2.45) is 5.92 Å². The van der Waals surface area contributed by atoms with Crippen LogP contribution in [0.2, 0.25) is 0 Å². The van der Waals surface area contributed by atoms with E-state index < -0.39 is 0 Å². The van der Waals surface area contributed by atoms with Crippen LogP contribution < -0.4 is 5.32 Å². The molecule has 1 aromatic carbocycles. The molecule has 1 amide bonds. The lowest BCUT2D eigenvalue weighted by Gasteiger charge is -2.30. The second-order valence-corrected chi connectivity index (χ2v) is 7.06. The molecule has 2 N–H and O–H groups in total. The molecule has 0 heterocycles. The Bertz CT molecular complexity index is 533. The zero-order valence-electron chi connectivity index (χ0n) is 13.3. The van der Waals surface area contributed by atoms with Gasteiger partial charge in [0.1, 0.15) is 0 Å². The number of hydrogen-bond donors (Lipinski definition) is 2. The highest BCUT2D eigenvalue weighted by atomic mass is 32.2. The third-order valence-electron chi connectivity index (χ3n) is 4.36. The number of thioether (sulfide) groups is 1. The van der Waals surface area contributed by atoms with Crippen LogP contribution >= 0.6 is 11.8 Å². The minimum atomic E-state index is 0.0170. The van der Waals surface area contributed by atoms with Crippen molar-refractivity contribution in [2.75, 3.05) is 12.4 Å². The third-order valence-corrected chi connectivity index (χ3v) is 5.37. The Kier molecular flexibility index (Phi) is 7.44. The van der Waals surface area contributed by atoms with E-state index in [-0.39, 0.29) is 18.6 Å². The van der Waals surface area contributed by atoms with Gasteiger partial charge in [0.15, 0.2) is 0 Å². The molecule has 0 aromatic heterocycles. The summed E-state index contributed by atoms with van der Waals surface area (Å²) in [5, 5.41) is 21.1. The topological polar surface area (TPSA) is 73.1 Å². The van der Waals surface area contributed by atoms with Crippen molar-refractivity contribution in [2.45, 2.75) is 49.5 Å². The first kappa shape index (κ1) is 17.8. The molecule has 0 aliphatic heterocycles. The van der Waals surface area contributed by atoms with Crippen LogP contribution in [0.4, 0.5) is 0 Å². The van der Waals surface area contributed by atoms with Gasteiger partial charge in [-0.05, 0) is 49.4 Å². The van der Waals surface area contributed by atoms with E-state index in [1.54, 1.807) is 12.1 Å². The molecule has 1 aliphatic carbocycles. The molecule has 4 nitrogen and oxygen atoms in total. The molecule has 2 rings (SSSR count). The van der Waals surface area contributed by atoms with Crippen molar-refractivity contribution in [3.05, 3.63) is 29.8 Å². The summed E-state index contributed by atoms with van der Waals surface area (Å²) in [6.07, 6.45) is 6.66. The Morgan fingerprint density at radius 3 is 2.61 bits per heavy atom. The number of nitrogens with zero attached hydrogens (tertiary/aromatic N) is 1. The van der Waals surface area contributed by atoms with Crippen molar-refractivity contribution >= 4 is 17.7 Å². The van der Waals surface area contributed by atoms with E-state index in [0.717, 1.165) is 17.7 Å². The number of nitriles is 1. The molecule has 0 radical (unpaired) electrons. The van der Waals surface area contributed by atoms with Gasteiger partial charge in [-0.25, -0.2) is 0 Å². The smallest absolute Gasteiger partial charge is 0.230 e. The van der Waals surface area contributed by atoms with Crippen LogP contribution in [0.15, 0.2) is 29.2 Å². The Labute approximate surface area is 142 Å². The van der Waals surface area contributed by atoms with Crippen molar-refractivity contribution in [3.8, 4) is 6.07 Å². The maximum Gasteiger partial charge on any atom is 0.230 e. The predicted molar refractivity (Wildman–Crippen MR) is 92.1 cm³/mol. The standard InChI is InChI=1S/C18H24N2O2S/c19-12-14-6-8-16(9-7-14)23-13-18(22)20-17(10-11-21)15-4-2-1-3-5-15/h6-9,15,17,21H,1-5,10-11,13H2,(H,20,22). The van der Waals surface area contributed by atoms with Crippen LogP contribution in [0.25, 0.3) is 0 Å². The highest BCUT2D eigenvalue weighted by Gasteiger charge is 2.24. The zero-order chi connectivity index (χ0) is 16.5. The second kappa shape index (κ2) is 9.59. The summed E-state index contributed by atoms with van der Waals surface area (Å²) in [6, 6.07) is 9.42. The van der Waals surface area contributed by atoms with Gasteiger partial charge in [-0.3, -0.25) is 4.79 Å². The largest absolute Gasteiger partial charge is 0.396 e. The number of carbonyl (C=O) groups is 1. The number of aliphatic hydroxyl groups excluding tert-OH is 1. The molecular weight excluding hydrogens is 308 g/mol. The lowest BCUT2D eigenvalue weighted by Crippen LogP contribution is -2.42. The Balaban J connectivity index is 1.82. The van der Waals surface area contributed by atoms with Crippen LogP contribution in [-0.4, -0.2) is 29.4 Å². The molecule has 0 bridgehead atoms. The van der Waals surface area contributed by atoms with Gasteiger partial charge < -0.3 is 10.4 Å². The predicted octanol–water partition coefficient (Wildman–Crippen LogP) is 3.10. The van der Waals surface area contributed by atoms with Gasteiger partial charge in [-0.15, -0.1) is 11.8 Å². The number of benzene rings is 1. The molecule has 5 heteroatoms. The van der Waals surface area contributed by atoms with E-state index in [4.69, 9.17) is 5.26 Å². The summed E-state index contributed by atoms with van der Waals surface area (Å²) in [6.45, 7) is 0.115. The van der Waals surface area contributed by atoms with Crippen LogP contribution in [0, 0.1) is 17.2 Å². The normalized spacial score (nSPS) is 16.5. The van der Waals surface area contributed by atoms with Gasteiger partial charge in [0.25, 0.3) is 0 Å². The fourth-order valence-corrected chi connectivity index (χ4v) is 3.83. The first-order valence-corrected chi connectivity index (χ1v) is 9.24. The van der Waals surface area contributed by atoms with E-state index >= 15 is 0 Å². The van der Waals surface area contributed by atoms with Crippen LogP contribution in [0.1, 0.15) is 44.1 Å². The van der Waals surface area contributed by atoms with Gasteiger partial charge >= 0.3 is 0 Å². The lowest BCUT2D eigenvalue weighted by molar-refractivity contribution is -0.119. The van der Waals surface area contributed by atoms with E-state index in [0.29, 0.717) is 23.7 Å². The molecule has 1 saturated carbocycles. The lowest BCUT2D eigenvalue weighted by atomic mass is 9.83. The van der Waals surface area contributed by atoms with Gasteiger partial charge in [0.2, 0.25) is 5.91 Å². The third kappa shape index (κ3) is 5.89. The van der Waals surface area contributed by atoms with Gasteiger partial charge in [-0.2, -0.15) is 5.26 Å². The van der Waals surface area contributed by atoms with E-state index in [2.05, 4.69) is 11.4 Å². The fraction of sp³-hybridized carbons (Fsp3) is 0.556. The van der Waals surface area contributed by atoms with E-state index in [9.17, 15) is 9.90 Å².